The van der Waals surface area contributed by atoms with Gasteiger partial charge in [-0.3, -0.25) is 9.15 Å². The molecule has 1 fully saturated rings. The number of esters is 9. The van der Waals surface area contributed by atoms with Gasteiger partial charge in [0.1, 0.15) is 25.4 Å². The van der Waals surface area contributed by atoms with Gasteiger partial charge in [0.2, 0.25) is 0 Å². The minimum atomic E-state index is -3.41. The van der Waals surface area contributed by atoms with Crippen molar-refractivity contribution in [2.24, 2.45) is 0 Å². The highest BCUT2D eigenvalue weighted by Crippen LogP contribution is 2.38. The van der Waals surface area contributed by atoms with Crippen LogP contribution in [0.3, 0.4) is 0 Å². The molecule has 30 nitrogen and oxygen atoms in total. The summed E-state index contributed by atoms with van der Waals surface area (Å²) in [5.74, 6) is -5.13. The van der Waals surface area contributed by atoms with Crippen LogP contribution in [0, 0.1) is 0 Å². The van der Waals surface area contributed by atoms with E-state index in [9.17, 15) is 53.4 Å². The first-order valence-corrected chi connectivity index (χ1v) is 61.7. The largest absolute Gasteiger partial charge is 0.463 e. The van der Waals surface area contributed by atoms with Gasteiger partial charge >= 0.3 is 96.5 Å². The summed E-state index contributed by atoms with van der Waals surface area (Å²) < 4.78 is 110. The highest BCUT2D eigenvalue weighted by molar-refractivity contribution is 6.91. The number of carbonyl (C=O) groups is 9. The monoisotopic (exact) mass is 1700 g/mol. The van der Waals surface area contributed by atoms with E-state index in [1.807, 2.05) is 32.7 Å². The first kappa shape index (κ1) is 106. The van der Waals surface area contributed by atoms with E-state index in [-0.39, 0.29) is 66.1 Å². The molecule has 6 atom stereocenters. The van der Waals surface area contributed by atoms with Crippen molar-refractivity contribution >= 4 is 130 Å². The van der Waals surface area contributed by atoms with E-state index >= 15 is 0 Å². The van der Waals surface area contributed by atoms with E-state index in [4.69, 9.17) is 81.2 Å². The van der Waals surface area contributed by atoms with Crippen molar-refractivity contribution in [3.05, 3.63) is 101 Å². The summed E-state index contributed by atoms with van der Waals surface area (Å²) in [6, 6.07) is 4.52. The molecule has 0 saturated carbocycles. The van der Waals surface area contributed by atoms with Gasteiger partial charge in [-0.05, 0) is 191 Å². The van der Waals surface area contributed by atoms with Crippen molar-refractivity contribution in [2.75, 3.05) is 85.9 Å². The van der Waals surface area contributed by atoms with Gasteiger partial charge < -0.3 is 87.0 Å². The van der Waals surface area contributed by atoms with Crippen LogP contribution < -0.4 is 0 Å². The molecule has 109 heavy (non-hydrogen) atoms. The second kappa shape index (κ2) is 56.0. The Hall–Kier alpha value is -5.38. The van der Waals surface area contributed by atoms with E-state index in [1.165, 1.54) is 0 Å². The summed E-state index contributed by atoms with van der Waals surface area (Å²) >= 11 is 0. The number of hydrogen-bond donors (Lipinski definition) is 2. The third kappa shape index (κ3) is 57.3. The molecule has 0 spiro atoms. The predicted molar refractivity (Wildman–Crippen MR) is 432 cm³/mol. The number of aliphatic hydroxyl groups excluding tert-OH is 2. The second-order valence-corrected chi connectivity index (χ2v) is 64.0. The summed E-state index contributed by atoms with van der Waals surface area (Å²) in [5, 5.41) is 19.4. The van der Waals surface area contributed by atoms with Gasteiger partial charge in [-0.2, -0.15) is 0 Å². The van der Waals surface area contributed by atoms with Crippen molar-refractivity contribution in [3.8, 4) is 0 Å². The molecule has 6 unspecified atom stereocenters. The van der Waals surface area contributed by atoms with Gasteiger partial charge in [0, 0.05) is 61.8 Å². The summed E-state index contributed by atoms with van der Waals surface area (Å²) in [4.78, 5) is 103. The van der Waals surface area contributed by atoms with Gasteiger partial charge in [-0.15, -0.1) is 0 Å². The van der Waals surface area contributed by atoms with E-state index in [0.717, 1.165) is 86.0 Å². The Bertz CT molecular complexity index is 2730. The molecular weight excluding hydrogens is 1570 g/mol. The molecule has 1 saturated heterocycles. The highest BCUT2D eigenvalue weighted by Gasteiger charge is 2.55. The van der Waals surface area contributed by atoms with Gasteiger partial charge in [0.25, 0.3) is 0 Å². The summed E-state index contributed by atoms with van der Waals surface area (Å²) in [5.41, 5.74) is 0. The first-order valence-electron chi connectivity index (χ1n) is 36.4. The predicted octanol–water partition coefficient (Wildman–Crippen LogP) is 11.1. The molecule has 1 aliphatic rings. The maximum absolute atomic E-state index is 11.9. The van der Waals surface area contributed by atoms with Crippen LogP contribution in [0.4, 0.5) is 0 Å². The maximum Gasteiger partial charge on any atom is 0.362 e. The fourth-order valence-corrected chi connectivity index (χ4v) is 52.7. The lowest BCUT2D eigenvalue weighted by Crippen LogP contribution is -2.61. The number of ether oxygens (including phenoxy) is 11. The number of carbonyl (C=O) groups excluding carboxylic acids is 9. The molecule has 0 radical (unpaired) electrons. The van der Waals surface area contributed by atoms with E-state index in [2.05, 4.69) is 116 Å². The van der Waals surface area contributed by atoms with Crippen molar-refractivity contribution < 1.29 is 139 Å². The SMILES string of the molecule is C=CC(=O)OCC(=O)OCCC[Si](C)(C)O[Si](C)(C)C.C=CC(=O)OCC(O)COCCC[Si](C)(C)O[Si](C)(C)CCCOCC(O)COC(=O)C=C.C=CC(=O)OCCC[Si]1(C)OO[Si](C)(CCCOC(=O)C=C)O[Si](C)(CCCOC(=O)C=C)O[Si](C)(CCCOC(=O)C=C)O[Si](C)(CCCOC(=O)C=C)O1. The molecule has 0 bridgehead atoms. The Kier molecular flexibility index (Phi) is 54.2. The van der Waals surface area contributed by atoms with Crippen LogP contribution in [-0.4, -0.2) is 238 Å². The molecule has 1 aliphatic heterocycles. The summed E-state index contributed by atoms with van der Waals surface area (Å²) in [6.45, 7) is 57.4. The van der Waals surface area contributed by atoms with Crippen LogP contribution in [-0.2, 0) is 129 Å². The third-order valence-electron chi connectivity index (χ3n) is 14.8. The Balaban J connectivity index is 0. The smallest absolute Gasteiger partial charge is 0.362 e. The molecule has 39 heteroatoms. The van der Waals surface area contributed by atoms with Crippen molar-refractivity contribution in [2.45, 2.75) is 204 Å². The molecule has 1 heterocycles. The van der Waals surface area contributed by atoms with Crippen LogP contribution in [0.1, 0.15) is 51.4 Å². The minimum Gasteiger partial charge on any atom is -0.463 e. The molecule has 0 aliphatic carbocycles. The number of aliphatic hydroxyl groups is 2. The Labute approximate surface area is 656 Å². The van der Waals surface area contributed by atoms with Gasteiger partial charge in [0.15, 0.2) is 39.9 Å². The zero-order valence-corrected chi connectivity index (χ0v) is 76.3. The van der Waals surface area contributed by atoms with Crippen LogP contribution >= 0.6 is 0 Å². The molecule has 1 rings (SSSR count). The standard InChI is InChI=1S/C35H60O16Si5.C22H42O9Si2.C13H26O5Si2/c1-11-31(36)41-21-16-26-52(6)46-47-53(7,27-17-22-42-32(37)12-2)49-55(9,29-19-24-44-34(39)14-4)51-56(10,30-20-25-45-35(40)15-5)50-54(8,48-52)28-18-23-43-33(38)13-3;1-7-21(25)29-17-19(23)15-27-11-9-13-32(3,4)31-33(5,6)14-10-12-28-16-20(24)18-30-22(26)8-2;1-7-12(14)17-11-13(15)16-9-8-10-20(5,6)18-19(2,3)4/h11-15H,1-5,16-30H2,6-10H3;7-8,19-20,23-24H,1-2,9-18H2,3-6H3;7H,1,8-11H2,2-6H3. The van der Waals surface area contributed by atoms with E-state index in [1.54, 1.807) is 0 Å². The molecule has 0 aromatic rings. The topological polar surface area (TPSA) is 369 Å². The zero-order chi connectivity index (χ0) is 83.4. The minimum absolute atomic E-state index is 0.0665. The van der Waals surface area contributed by atoms with Gasteiger partial charge in [-0.1, -0.05) is 52.6 Å². The van der Waals surface area contributed by atoms with Crippen LogP contribution in [0.15, 0.2) is 101 Å². The lowest BCUT2D eigenvalue weighted by atomic mass is 10.4. The maximum atomic E-state index is 11.9. The van der Waals surface area contributed by atoms with Crippen molar-refractivity contribution in [1.82, 2.24) is 0 Å². The number of rotatable bonds is 54. The normalized spacial score (nSPS) is 20.0. The van der Waals surface area contributed by atoms with Gasteiger partial charge in [-0.25, -0.2) is 43.2 Å². The zero-order valence-electron chi connectivity index (χ0n) is 67.3. The summed E-state index contributed by atoms with van der Waals surface area (Å²) in [7, 11) is -23.9. The molecule has 624 valence electrons. The van der Waals surface area contributed by atoms with Gasteiger partial charge in [0.05, 0.1) is 52.9 Å². The van der Waals surface area contributed by atoms with Crippen LogP contribution in [0.25, 0.3) is 0 Å². The lowest BCUT2D eigenvalue weighted by molar-refractivity contribution is -0.156. The molecule has 0 aromatic heterocycles. The Morgan fingerprint density at radius 1 is 0.321 bits per heavy atom. The fraction of sp³-hybridized carbons (Fsp3) is 0.643. The Morgan fingerprint density at radius 3 is 0.844 bits per heavy atom. The van der Waals surface area contributed by atoms with Crippen LogP contribution in [0.2, 0.25) is 140 Å². The quantitative estimate of drug-likeness (QED) is 0.0143. The first-order chi connectivity index (χ1) is 50.8. The average Bonchev–Trinajstić information content (AvgIpc) is 1.70. The summed E-state index contributed by atoms with van der Waals surface area (Å²) in [6.07, 6.45) is 11.1. The van der Waals surface area contributed by atoms with E-state index < -0.39 is 142 Å². The fourth-order valence-electron chi connectivity index (χ4n) is 10.6. The average molecular weight is 1700 g/mol. The van der Waals surface area contributed by atoms with Crippen LogP contribution in [0.5, 0.6) is 0 Å². The lowest BCUT2D eigenvalue weighted by Gasteiger charge is -2.44. The second-order valence-electron chi connectivity index (χ2n) is 28.7. The van der Waals surface area contributed by atoms with Crippen molar-refractivity contribution in [3.63, 3.8) is 0 Å². The number of hydrogen-bond acceptors (Lipinski definition) is 30. The molecule has 0 aromatic carbocycles. The molecule has 2 N–H and O–H groups in total. The Morgan fingerprint density at radius 2 is 0.560 bits per heavy atom. The molecular formula is C70H128O30Si9. The molecule has 0 amide bonds. The van der Waals surface area contributed by atoms with E-state index in [0.29, 0.717) is 82.1 Å². The third-order valence-corrected chi connectivity index (χ3v) is 49.7. The van der Waals surface area contributed by atoms with Crippen molar-refractivity contribution in [1.29, 1.82) is 0 Å². The highest BCUT2D eigenvalue weighted by atomic mass is 28.5.